The second kappa shape index (κ2) is 7.79. The van der Waals surface area contributed by atoms with Gasteiger partial charge < -0.3 is 10.5 Å². The van der Waals surface area contributed by atoms with Crippen molar-refractivity contribution in [3.8, 4) is 0 Å². The molecule has 8 heteroatoms. The number of pyridine rings is 1. The third kappa shape index (κ3) is 4.70. The summed E-state index contributed by atoms with van der Waals surface area (Å²) < 4.78 is 32.0. The first kappa shape index (κ1) is 18.0. The van der Waals surface area contributed by atoms with Crippen LogP contribution in [0.4, 0.5) is 0 Å². The lowest BCUT2D eigenvalue weighted by molar-refractivity contribution is 0.175. The van der Waals surface area contributed by atoms with E-state index < -0.39 is 10.0 Å². The minimum Gasteiger partial charge on any atom is -0.388 e. The highest BCUT2D eigenvalue weighted by Crippen LogP contribution is 2.19. The van der Waals surface area contributed by atoms with Gasteiger partial charge in [-0.15, -0.1) is 0 Å². The van der Waals surface area contributed by atoms with Crippen molar-refractivity contribution in [1.82, 2.24) is 9.29 Å². The quantitative estimate of drug-likeness (QED) is 0.716. The maximum Gasteiger partial charge on any atom is 0.245 e. The first-order valence-electron chi connectivity index (χ1n) is 6.54. The van der Waals surface area contributed by atoms with E-state index in [1.54, 1.807) is 6.07 Å². The summed E-state index contributed by atoms with van der Waals surface area (Å²) in [6, 6.07) is 3.02. The minimum atomic E-state index is -3.72. The number of thiocarbonyl (C=S) groups is 1. The summed E-state index contributed by atoms with van der Waals surface area (Å²) in [4.78, 5) is 3.98. The number of hydrogen-bond acceptors (Lipinski definition) is 5. The normalized spacial score (nSPS) is 12.0. The average Bonchev–Trinajstić information content (AvgIpc) is 2.42. The molecular formula is C13H21N3O3S2. The zero-order valence-electron chi connectivity index (χ0n) is 12.4. The van der Waals surface area contributed by atoms with Gasteiger partial charge in [-0.3, -0.25) is 4.98 Å². The predicted octanol–water partition coefficient (Wildman–Crippen LogP) is 1.01. The van der Waals surface area contributed by atoms with E-state index in [0.29, 0.717) is 13.2 Å². The van der Waals surface area contributed by atoms with Crippen molar-refractivity contribution in [1.29, 1.82) is 0 Å². The molecule has 0 unspecified atom stereocenters. The van der Waals surface area contributed by atoms with Gasteiger partial charge in [0, 0.05) is 26.4 Å². The molecule has 0 bridgehead atoms. The summed E-state index contributed by atoms with van der Waals surface area (Å²) in [6.45, 7) is 4.87. The molecular weight excluding hydrogens is 310 g/mol. The highest BCUT2D eigenvalue weighted by Gasteiger charge is 2.28. The van der Waals surface area contributed by atoms with E-state index in [2.05, 4.69) is 4.98 Å². The standard InChI is InChI=1S/C13H21N3O3S2/c1-10(2)9-16(7-8-19-3)21(17,18)11-5-4-6-15-12(11)13(14)20/h4-6,10H,7-9H2,1-3H3,(H2,14,20). The fourth-order valence-corrected chi connectivity index (χ4v) is 3.81. The Labute approximate surface area is 131 Å². The van der Waals surface area contributed by atoms with E-state index in [9.17, 15) is 8.42 Å². The van der Waals surface area contributed by atoms with Crippen LogP contribution in [-0.4, -0.2) is 49.5 Å². The molecule has 0 amide bonds. The Bertz CT molecular complexity index is 588. The topological polar surface area (TPSA) is 85.5 Å². The summed E-state index contributed by atoms with van der Waals surface area (Å²) >= 11 is 4.89. The van der Waals surface area contributed by atoms with Crippen LogP contribution in [0.1, 0.15) is 19.5 Å². The van der Waals surface area contributed by atoms with Crippen molar-refractivity contribution < 1.29 is 13.2 Å². The van der Waals surface area contributed by atoms with Gasteiger partial charge in [-0.25, -0.2) is 8.42 Å². The molecule has 6 nitrogen and oxygen atoms in total. The molecule has 2 N–H and O–H groups in total. The molecule has 1 aromatic rings. The molecule has 0 spiro atoms. The van der Waals surface area contributed by atoms with Crippen LogP contribution >= 0.6 is 12.2 Å². The first-order chi connectivity index (χ1) is 9.80. The lowest BCUT2D eigenvalue weighted by Gasteiger charge is -2.24. The molecule has 0 aliphatic heterocycles. The summed E-state index contributed by atoms with van der Waals surface area (Å²) in [5.74, 6) is 0.182. The van der Waals surface area contributed by atoms with Gasteiger partial charge in [0.2, 0.25) is 10.0 Å². The number of hydrogen-bond donors (Lipinski definition) is 1. The van der Waals surface area contributed by atoms with Gasteiger partial charge in [0.15, 0.2) is 0 Å². The second-order valence-corrected chi connectivity index (χ2v) is 7.31. The molecule has 118 valence electrons. The number of sulfonamides is 1. The maximum absolute atomic E-state index is 12.8. The summed E-state index contributed by atoms with van der Waals surface area (Å²) in [5.41, 5.74) is 5.70. The third-order valence-corrected chi connectivity index (χ3v) is 4.83. The number of ether oxygens (including phenoxy) is 1. The van der Waals surface area contributed by atoms with Crippen LogP contribution in [0.15, 0.2) is 23.2 Å². The molecule has 1 aromatic heterocycles. The molecule has 1 rings (SSSR count). The van der Waals surface area contributed by atoms with E-state index in [1.807, 2.05) is 13.8 Å². The van der Waals surface area contributed by atoms with Crippen LogP contribution < -0.4 is 5.73 Å². The average molecular weight is 331 g/mol. The van der Waals surface area contributed by atoms with Crippen LogP contribution in [0.5, 0.6) is 0 Å². The first-order valence-corrected chi connectivity index (χ1v) is 8.39. The van der Waals surface area contributed by atoms with E-state index in [0.717, 1.165) is 0 Å². The number of nitrogens with zero attached hydrogens (tertiary/aromatic N) is 2. The van der Waals surface area contributed by atoms with Crippen LogP contribution in [0.2, 0.25) is 0 Å². The smallest absolute Gasteiger partial charge is 0.245 e. The zero-order valence-corrected chi connectivity index (χ0v) is 14.1. The Morgan fingerprint density at radius 1 is 1.52 bits per heavy atom. The minimum absolute atomic E-state index is 0.0363. The lowest BCUT2D eigenvalue weighted by atomic mass is 10.2. The van der Waals surface area contributed by atoms with Crippen LogP contribution in [0.3, 0.4) is 0 Å². The number of methoxy groups -OCH3 is 1. The SMILES string of the molecule is COCCN(CC(C)C)S(=O)(=O)c1cccnc1C(N)=S. The molecule has 0 fully saturated rings. The second-order valence-electron chi connectivity index (χ2n) is 4.96. The van der Waals surface area contributed by atoms with Crippen molar-refractivity contribution in [2.75, 3.05) is 26.8 Å². The molecule has 0 saturated carbocycles. The Morgan fingerprint density at radius 2 is 2.19 bits per heavy atom. The van der Waals surface area contributed by atoms with Crippen molar-refractivity contribution in [2.45, 2.75) is 18.7 Å². The van der Waals surface area contributed by atoms with E-state index in [1.165, 1.54) is 23.7 Å². The largest absolute Gasteiger partial charge is 0.388 e. The van der Waals surface area contributed by atoms with E-state index in [-0.39, 0.29) is 28.0 Å². The molecule has 0 aliphatic rings. The van der Waals surface area contributed by atoms with E-state index in [4.69, 9.17) is 22.7 Å². The molecule has 0 radical (unpaired) electrons. The fourth-order valence-electron chi connectivity index (χ4n) is 1.83. The van der Waals surface area contributed by atoms with Gasteiger partial charge in [0.1, 0.15) is 15.6 Å². The maximum atomic E-state index is 12.8. The monoisotopic (exact) mass is 331 g/mol. The molecule has 0 atom stereocenters. The number of rotatable bonds is 8. The van der Waals surface area contributed by atoms with Crippen molar-refractivity contribution in [3.05, 3.63) is 24.0 Å². The Kier molecular flexibility index (Phi) is 6.66. The predicted molar refractivity (Wildman–Crippen MR) is 85.6 cm³/mol. The van der Waals surface area contributed by atoms with E-state index >= 15 is 0 Å². The van der Waals surface area contributed by atoms with Crippen molar-refractivity contribution in [3.63, 3.8) is 0 Å². The summed E-state index contributed by atoms with van der Waals surface area (Å²) in [6.07, 6.45) is 1.47. The Balaban J connectivity index is 3.25. The van der Waals surface area contributed by atoms with Crippen molar-refractivity contribution in [2.24, 2.45) is 11.7 Å². The molecule has 0 aromatic carbocycles. The Morgan fingerprint density at radius 3 is 2.71 bits per heavy atom. The summed E-state index contributed by atoms with van der Waals surface area (Å²) in [5, 5.41) is 0. The highest BCUT2D eigenvalue weighted by atomic mass is 32.2. The highest BCUT2D eigenvalue weighted by molar-refractivity contribution is 7.89. The molecule has 0 aliphatic carbocycles. The fraction of sp³-hybridized carbons (Fsp3) is 0.538. The number of nitrogens with two attached hydrogens (primary N) is 1. The molecule has 0 saturated heterocycles. The van der Waals surface area contributed by atoms with Gasteiger partial charge in [0.05, 0.1) is 6.61 Å². The summed E-state index contributed by atoms with van der Waals surface area (Å²) in [7, 11) is -2.19. The van der Waals surface area contributed by atoms with Gasteiger partial charge in [0.25, 0.3) is 0 Å². The Hall–Kier alpha value is -1.09. The van der Waals surface area contributed by atoms with Crippen LogP contribution in [-0.2, 0) is 14.8 Å². The van der Waals surface area contributed by atoms with Crippen LogP contribution in [0, 0.1) is 5.92 Å². The van der Waals surface area contributed by atoms with Gasteiger partial charge >= 0.3 is 0 Å². The van der Waals surface area contributed by atoms with Gasteiger partial charge in [-0.2, -0.15) is 4.31 Å². The molecule has 1 heterocycles. The zero-order chi connectivity index (χ0) is 16.0. The van der Waals surface area contributed by atoms with Crippen molar-refractivity contribution >= 4 is 27.2 Å². The van der Waals surface area contributed by atoms with Gasteiger partial charge in [-0.1, -0.05) is 26.1 Å². The third-order valence-electron chi connectivity index (χ3n) is 2.74. The van der Waals surface area contributed by atoms with Crippen LogP contribution in [0.25, 0.3) is 0 Å². The number of aromatic nitrogens is 1. The van der Waals surface area contributed by atoms with Gasteiger partial charge in [-0.05, 0) is 18.1 Å². The lowest BCUT2D eigenvalue weighted by Crippen LogP contribution is -2.37. The molecule has 21 heavy (non-hydrogen) atoms.